The van der Waals surface area contributed by atoms with Crippen molar-refractivity contribution in [3.05, 3.63) is 89.5 Å². The molecular formula is C28H30N4O5S. The lowest BCUT2D eigenvalue weighted by Crippen LogP contribution is -2.35. The van der Waals surface area contributed by atoms with Crippen molar-refractivity contribution in [2.24, 2.45) is 0 Å². The van der Waals surface area contributed by atoms with Crippen molar-refractivity contribution in [1.29, 1.82) is 0 Å². The SMILES string of the molecule is COC(=O)c1ccc2c(c1)NC(=O)/C2=C(/Nc1ccc(N(CCN(C)C)S(C)(=O)=O)cc1)c1ccccc1. The summed E-state index contributed by atoms with van der Waals surface area (Å²) < 4.78 is 31.0. The summed E-state index contributed by atoms with van der Waals surface area (Å²) in [6.07, 6.45) is 1.19. The van der Waals surface area contributed by atoms with Gasteiger partial charge in [-0.2, -0.15) is 0 Å². The number of nitrogens with one attached hydrogen (secondary N) is 2. The number of benzene rings is 3. The van der Waals surface area contributed by atoms with Gasteiger partial charge in [0.1, 0.15) is 0 Å². The smallest absolute Gasteiger partial charge is 0.337 e. The standard InChI is InChI=1S/C28H30N4O5S/c1-31(2)16-17-32(38(4,35)36)22-13-11-21(12-14-22)29-26(19-8-6-5-7-9-19)25-23-15-10-20(28(34)37-3)18-24(23)30-27(25)33/h5-15,18,29H,16-17H2,1-4H3,(H,30,33)/b26-25+. The number of methoxy groups -OCH3 is 1. The van der Waals surface area contributed by atoms with Crippen molar-refractivity contribution in [1.82, 2.24) is 4.90 Å². The molecule has 0 saturated carbocycles. The molecule has 0 atom stereocenters. The Labute approximate surface area is 222 Å². The average molecular weight is 535 g/mol. The van der Waals surface area contributed by atoms with Gasteiger partial charge in [-0.05, 0) is 56.1 Å². The van der Waals surface area contributed by atoms with Gasteiger partial charge in [-0.3, -0.25) is 9.10 Å². The van der Waals surface area contributed by atoms with Gasteiger partial charge in [-0.1, -0.05) is 36.4 Å². The molecule has 0 spiro atoms. The molecule has 9 nitrogen and oxygen atoms in total. The Morgan fingerprint density at radius 3 is 2.24 bits per heavy atom. The predicted molar refractivity (Wildman–Crippen MR) is 150 cm³/mol. The molecule has 0 saturated heterocycles. The summed E-state index contributed by atoms with van der Waals surface area (Å²) >= 11 is 0. The summed E-state index contributed by atoms with van der Waals surface area (Å²) in [7, 11) is 1.62. The summed E-state index contributed by atoms with van der Waals surface area (Å²) in [6, 6.07) is 21.4. The van der Waals surface area contributed by atoms with E-state index >= 15 is 0 Å². The van der Waals surface area contributed by atoms with E-state index < -0.39 is 16.0 Å². The molecule has 0 aromatic heterocycles. The molecule has 0 radical (unpaired) electrons. The van der Waals surface area contributed by atoms with Crippen LogP contribution in [-0.4, -0.2) is 65.7 Å². The minimum atomic E-state index is -3.47. The van der Waals surface area contributed by atoms with E-state index in [0.717, 1.165) is 5.56 Å². The van der Waals surface area contributed by atoms with Gasteiger partial charge in [0.2, 0.25) is 10.0 Å². The fraction of sp³-hybridized carbons (Fsp3) is 0.214. The molecule has 0 fully saturated rings. The largest absolute Gasteiger partial charge is 0.465 e. The van der Waals surface area contributed by atoms with Crippen LogP contribution in [0.25, 0.3) is 11.3 Å². The van der Waals surface area contributed by atoms with Crippen LogP contribution >= 0.6 is 0 Å². The number of likely N-dealkylation sites (N-methyl/N-ethyl adjacent to an activating group) is 1. The van der Waals surface area contributed by atoms with Crippen LogP contribution < -0.4 is 14.9 Å². The Morgan fingerprint density at radius 2 is 1.63 bits per heavy atom. The van der Waals surface area contributed by atoms with E-state index in [4.69, 9.17) is 4.74 Å². The van der Waals surface area contributed by atoms with Crippen LogP contribution in [0.3, 0.4) is 0 Å². The molecule has 1 aliphatic heterocycles. The lowest BCUT2D eigenvalue weighted by Gasteiger charge is -2.24. The minimum absolute atomic E-state index is 0.308. The molecule has 2 N–H and O–H groups in total. The van der Waals surface area contributed by atoms with Crippen LogP contribution in [0.4, 0.5) is 17.1 Å². The minimum Gasteiger partial charge on any atom is -0.465 e. The summed E-state index contributed by atoms with van der Waals surface area (Å²) in [5, 5.41) is 6.21. The average Bonchev–Trinajstić information content (AvgIpc) is 3.21. The van der Waals surface area contributed by atoms with Gasteiger partial charge in [0, 0.05) is 24.3 Å². The number of carbonyl (C=O) groups excluding carboxylic acids is 2. The van der Waals surface area contributed by atoms with Crippen LogP contribution in [-0.2, 0) is 19.6 Å². The number of hydrogen-bond acceptors (Lipinski definition) is 7. The van der Waals surface area contributed by atoms with Crippen molar-refractivity contribution >= 4 is 50.2 Å². The first-order valence-electron chi connectivity index (χ1n) is 11.9. The number of anilines is 3. The molecule has 198 valence electrons. The molecule has 1 heterocycles. The predicted octanol–water partition coefficient (Wildman–Crippen LogP) is 3.73. The third kappa shape index (κ3) is 5.87. The van der Waals surface area contributed by atoms with Gasteiger partial charge in [-0.25, -0.2) is 13.2 Å². The highest BCUT2D eigenvalue weighted by molar-refractivity contribution is 7.92. The number of sulfonamides is 1. The normalized spacial score (nSPS) is 14.1. The topological polar surface area (TPSA) is 108 Å². The quantitative estimate of drug-likeness (QED) is 0.318. The van der Waals surface area contributed by atoms with E-state index in [9.17, 15) is 18.0 Å². The zero-order valence-corrected chi connectivity index (χ0v) is 22.5. The van der Waals surface area contributed by atoms with E-state index in [-0.39, 0.29) is 5.91 Å². The number of hydrogen-bond donors (Lipinski definition) is 2. The monoisotopic (exact) mass is 534 g/mol. The highest BCUT2D eigenvalue weighted by atomic mass is 32.2. The zero-order valence-electron chi connectivity index (χ0n) is 21.7. The zero-order chi connectivity index (χ0) is 27.4. The van der Waals surface area contributed by atoms with Crippen LogP contribution in [0.2, 0.25) is 0 Å². The van der Waals surface area contributed by atoms with Crippen LogP contribution in [0.1, 0.15) is 21.5 Å². The van der Waals surface area contributed by atoms with E-state index in [0.29, 0.717) is 52.5 Å². The molecule has 4 rings (SSSR count). The molecule has 0 unspecified atom stereocenters. The maximum atomic E-state index is 13.2. The van der Waals surface area contributed by atoms with E-state index in [1.165, 1.54) is 17.7 Å². The second-order valence-corrected chi connectivity index (χ2v) is 11.0. The number of ether oxygens (including phenoxy) is 1. The number of fused-ring (bicyclic) bond motifs is 1. The molecule has 38 heavy (non-hydrogen) atoms. The molecule has 0 bridgehead atoms. The van der Waals surface area contributed by atoms with Gasteiger partial charge in [0.05, 0.1) is 41.6 Å². The van der Waals surface area contributed by atoms with Crippen molar-refractivity contribution in [2.75, 3.05) is 55.5 Å². The van der Waals surface area contributed by atoms with E-state index in [1.54, 1.807) is 42.5 Å². The number of nitrogens with zero attached hydrogens (tertiary/aromatic N) is 2. The maximum absolute atomic E-state index is 13.2. The van der Waals surface area contributed by atoms with Crippen molar-refractivity contribution in [3.63, 3.8) is 0 Å². The van der Waals surface area contributed by atoms with E-state index in [1.807, 2.05) is 49.3 Å². The number of esters is 1. The second kappa shape index (κ2) is 11.1. The summed E-state index contributed by atoms with van der Waals surface area (Å²) in [4.78, 5) is 27.1. The summed E-state index contributed by atoms with van der Waals surface area (Å²) in [6.45, 7) is 0.895. The Hall–Kier alpha value is -4.15. The number of carbonyl (C=O) groups is 2. The second-order valence-electron chi connectivity index (χ2n) is 9.13. The summed E-state index contributed by atoms with van der Waals surface area (Å²) in [5.41, 5.74) is 4.52. The summed E-state index contributed by atoms with van der Waals surface area (Å²) in [5.74, 6) is -0.799. The molecule has 1 amide bonds. The molecule has 3 aromatic rings. The Morgan fingerprint density at radius 1 is 0.947 bits per heavy atom. The molecule has 10 heteroatoms. The van der Waals surface area contributed by atoms with E-state index in [2.05, 4.69) is 10.6 Å². The fourth-order valence-electron chi connectivity index (χ4n) is 4.18. The van der Waals surface area contributed by atoms with Crippen LogP contribution in [0.5, 0.6) is 0 Å². The highest BCUT2D eigenvalue weighted by Crippen LogP contribution is 2.38. The molecular weight excluding hydrogens is 504 g/mol. The lowest BCUT2D eigenvalue weighted by molar-refractivity contribution is -0.110. The molecule has 0 aliphatic carbocycles. The molecule has 3 aromatic carbocycles. The van der Waals surface area contributed by atoms with Crippen molar-refractivity contribution < 1.29 is 22.7 Å². The first-order valence-corrected chi connectivity index (χ1v) is 13.8. The first-order chi connectivity index (χ1) is 18.1. The van der Waals surface area contributed by atoms with Gasteiger partial charge in [0.15, 0.2) is 0 Å². The number of amides is 1. The third-order valence-corrected chi connectivity index (χ3v) is 7.27. The maximum Gasteiger partial charge on any atom is 0.337 e. The molecule has 1 aliphatic rings. The third-order valence-electron chi connectivity index (χ3n) is 6.07. The highest BCUT2D eigenvalue weighted by Gasteiger charge is 2.29. The van der Waals surface area contributed by atoms with Gasteiger partial charge in [-0.15, -0.1) is 0 Å². The van der Waals surface area contributed by atoms with Crippen LogP contribution in [0, 0.1) is 0 Å². The Balaban J connectivity index is 1.73. The van der Waals surface area contributed by atoms with Crippen LogP contribution in [0.15, 0.2) is 72.8 Å². The van der Waals surface area contributed by atoms with Gasteiger partial charge < -0.3 is 20.3 Å². The van der Waals surface area contributed by atoms with Gasteiger partial charge in [0.25, 0.3) is 5.91 Å². The van der Waals surface area contributed by atoms with Crippen molar-refractivity contribution in [2.45, 2.75) is 0 Å². The number of rotatable bonds is 9. The van der Waals surface area contributed by atoms with Crippen molar-refractivity contribution in [3.8, 4) is 0 Å². The lowest BCUT2D eigenvalue weighted by atomic mass is 9.99. The fourth-order valence-corrected chi connectivity index (χ4v) is 5.10. The first kappa shape index (κ1) is 26.9. The van der Waals surface area contributed by atoms with Gasteiger partial charge >= 0.3 is 5.97 Å². The Bertz CT molecular complexity index is 1480. The Kier molecular flexibility index (Phi) is 7.84.